The van der Waals surface area contributed by atoms with Gasteiger partial charge in [0.15, 0.2) is 5.96 Å². The summed E-state index contributed by atoms with van der Waals surface area (Å²) >= 11 is 0. The molecule has 3 aliphatic heterocycles. The van der Waals surface area contributed by atoms with Crippen LogP contribution >= 0.6 is 0 Å². The van der Waals surface area contributed by atoms with E-state index in [1.54, 1.807) is 7.11 Å². The molecule has 31 heavy (non-hydrogen) atoms. The van der Waals surface area contributed by atoms with Gasteiger partial charge in [-0.25, -0.2) is 0 Å². The highest BCUT2D eigenvalue weighted by Crippen LogP contribution is 2.35. The molecule has 4 rings (SSSR count). The largest absolute Gasteiger partial charge is 0.496 e. The molecule has 172 valence electrons. The van der Waals surface area contributed by atoms with Crippen molar-refractivity contribution in [3.63, 3.8) is 0 Å². The average molecular weight is 432 g/mol. The third kappa shape index (κ3) is 5.63. The number of nitrogens with zero attached hydrogens (tertiary/aromatic N) is 2. The predicted molar refractivity (Wildman–Crippen MR) is 121 cm³/mol. The van der Waals surface area contributed by atoms with Gasteiger partial charge in [-0.2, -0.15) is 0 Å². The zero-order valence-electron chi connectivity index (χ0n) is 19.2. The number of likely N-dealkylation sites (tertiary alicyclic amines) is 1. The molecule has 0 amide bonds. The quantitative estimate of drug-likeness (QED) is 0.552. The first-order chi connectivity index (χ1) is 15.2. The van der Waals surface area contributed by atoms with Gasteiger partial charge in [-0.1, -0.05) is 0 Å². The van der Waals surface area contributed by atoms with Crippen molar-refractivity contribution in [1.29, 1.82) is 0 Å². The van der Waals surface area contributed by atoms with Crippen molar-refractivity contribution >= 4 is 5.96 Å². The maximum Gasteiger partial charge on any atom is 0.193 e. The Morgan fingerprint density at radius 2 is 2.06 bits per heavy atom. The number of benzene rings is 1. The minimum atomic E-state index is 0.226. The van der Waals surface area contributed by atoms with E-state index >= 15 is 0 Å². The van der Waals surface area contributed by atoms with E-state index in [1.165, 1.54) is 18.4 Å². The number of nitrogens with one attached hydrogen (secondary N) is 1. The Bertz CT molecular complexity index is 755. The van der Waals surface area contributed by atoms with Gasteiger partial charge in [0.25, 0.3) is 0 Å². The lowest BCUT2D eigenvalue weighted by Gasteiger charge is -2.35. The molecule has 0 saturated carbocycles. The third-order valence-corrected chi connectivity index (χ3v) is 6.48. The highest BCUT2D eigenvalue weighted by Gasteiger charge is 2.25. The van der Waals surface area contributed by atoms with Gasteiger partial charge in [0.05, 0.1) is 25.9 Å². The number of ether oxygens (including phenoxy) is 4. The molecule has 2 saturated heterocycles. The van der Waals surface area contributed by atoms with Crippen LogP contribution in [-0.4, -0.2) is 69.6 Å². The Kier molecular flexibility index (Phi) is 7.56. The molecule has 7 nitrogen and oxygen atoms in total. The Labute approximate surface area is 186 Å². The average Bonchev–Trinajstić information content (AvgIpc) is 3.17. The van der Waals surface area contributed by atoms with Crippen molar-refractivity contribution in [1.82, 2.24) is 10.2 Å². The molecule has 1 N–H and O–H groups in total. The van der Waals surface area contributed by atoms with Gasteiger partial charge in [-0.15, -0.1) is 0 Å². The normalized spacial score (nSPS) is 24.6. The maximum atomic E-state index is 6.15. The van der Waals surface area contributed by atoms with Crippen molar-refractivity contribution in [3.05, 3.63) is 23.3 Å². The van der Waals surface area contributed by atoms with Crippen LogP contribution in [0.15, 0.2) is 17.1 Å². The summed E-state index contributed by atoms with van der Waals surface area (Å²) in [6, 6.07) is 4.21. The molecule has 0 spiro atoms. The summed E-state index contributed by atoms with van der Waals surface area (Å²) in [7, 11) is 3.57. The van der Waals surface area contributed by atoms with E-state index in [2.05, 4.69) is 34.3 Å². The minimum absolute atomic E-state index is 0.226. The molecule has 0 bridgehead atoms. The molecule has 0 radical (unpaired) electrons. The number of hydrogen-bond donors (Lipinski definition) is 1. The van der Waals surface area contributed by atoms with Gasteiger partial charge < -0.3 is 29.2 Å². The molecule has 2 atom stereocenters. The van der Waals surface area contributed by atoms with E-state index in [0.717, 1.165) is 75.0 Å². The van der Waals surface area contributed by atoms with E-state index in [9.17, 15) is 0 Å². The second-order valence-electron chi connectivity index (χ2n) is 8.81. The Morgan fingerprint density at radius 3 is 2.77 bits per heavy atom. The lowest BCUT2D eigenvalue weighted by Crippen LogP contribution is -2.47. The van der Waals surface area contributed by atoms with Crippen molar-refractivity contribution in [3.8, 4) is 11.5 Å². The van der Waals surface area contributed by atoms with Gasteiger partial charge in [-0.05, 0) is 51.2 Å². The zero-order valence-corrected chi connectivity index (χ0v) is 19.2. The molecule has 0 aromatic heterocycles. The Morgan fingerprint density at radius 1 is 1.23 bits per heavy atom. The van der Waals surface area contributed by atoms with Crippen LogP contribution in [0.1, 0.15) is 50.2 Å². The standard InChI is InChI=1S/C24H37N3O4/c1-17-12-18-13-22(28-3)19(14-23(18)31-17)15-26-24(25-2)27-9-7-20(8-10-27)30-16-21-6-4-5-11-29-21/h13-14,17,20-21H,4-12,15-16H2,1-3H3,(H,25,26). The molecule has 2 fully saturated rings. The van der Waals surface area contributed by atoms with Crippen molar-refractivity contribution in [2.24, 2.45) is 4.99 Å². The molecule has 1 aromatic carbocycles. The molecular weight excluding hydrogens is 394 g/mol. The number of hydrogen-bond acceptors (Lipinski definition) is 5. The van der Waals surface area contributed by atoms with Gasteiger partial charge in [0.1, 0.15) is 17.6 Å². The van der Waals surface area contributed by atoms with Gasteiger partial charge in [0.2, 0.25) is 0 Å². The number of rotatable bonds is 6. The van der Waals surface area contributed by atoms with Crippen LogP contribution in [0.2, 0.25) is 0 Å². The Balaban J connectivity index is 1.26. The first-order valence-corrected chi connectivity index (χ1v) is 11.7. The van der Waals surface area contributed by atoms with Crippen molar-refractivity contribution < 1.29 is 18.9 Å². The van der Waals surface area contributed by atoms with Crippen LogP contribution in [0.25, 0.3) is 0 Å². The second-order valence-corrected chi connectivity index (χ2v) is 8.81. The summed E-state index contributed by atoms with van der Waals surface area (Å²) in [5, 5.41) is 3.51. The van der Waals surface area contributed by atoms with E-state index in [4.69, 9.17) is 18.9 Å². The second kappa shape index (κ2) is 10.6. The maximum absolute atomic E-state index is 6.15. The van der Waals surface area contributed by atoms with E-state index in [1.807, 2.05) is 7.05 Å². The van der Waals surface area contributed by atoms with Crippen LogP contribution in [0.4, 0.5) is 0 Å². The van der Waals surface area contributed by atoms with Crippen LogP contribution < -0.4 is 14.8 Å². The number of methoxy groups -OCH3 is 1. The first-order valence-electron chi connectivity index (χ1n) is 11.7. The van der Waals surface area contributed by atoms with Crippen LogP contribution in [0, 0.1) is 0 Å². The molecule has 0 aliphatic carbocycles. The smallest absolute Gasteiger partial charge is 0.193 e. The topological polar surface area (TPSA) is 64.6 Å². The summed E-state index contributed by atoms with van der Waals surface area (Å²) in [4.78, 5) is 6.82. The van der Waals surface area contributed by atoms with Crippen LogP contribution in [-0.2, 0) is 22.4 Å². The molecule has 3 heterocycles. The fourth-order valence-corrected chi connectivity index (χ4v) is 4.73. The number of piperidine rings is 1. The van der Waals surface area contributed by atoms with E-state index in [0.29, 0.717) is 12.6 Å². The molecule has 2 unspecified atom stereocenters. The summed E-state index contributed by atoms with van der Waals surface area (Å²) in [6.45, 7) is 6.25. The molecular formula is C24H37N3O4. The molecule has 3 aliphatic rings. The van der Waals surface area contributed by atoms with E-state index in [-0.39, 0.29) is 12.2 Å². The predicted octanol–water partition coefficient (Wildman–Crippen LogP) is 3.14. The third-order valence-electron chi connectivity index (χ3n) is 6.48. The van der Waals surface area contributed by atoms with E-state index < -0.39 is 0 Å². The number of fused-ring (bicyclic) bond motifs is 1. The fourth-order valence-electron chi connectivity index (χ4n) is 4.73. The highest BCUT2D eigenvalue weighted by atomic mass is 16.5. The van der Waals surface area contributed by atoms with Crippen molar-refractivity contribution in [2.75, 3.05) is 40.5 Å². The molecule has 7 heteroatoms. The van der Waals surface area contributed by atoms with Gasteiger partial charge in [-0.3, -0.25) is 4.99 Å². The van der Waals surface area contributed by atoms with Crippen LogP contribution in [0.3, 0.4) is 0 Å². The Hall–Kier alpha value is -1.99. The van der Waals surface area contributed by atoms with Gasteiger partial charge >= 0.3 is 0 Å². The number of guanidine groups is 1. The number of aliphatic imine (C=N–C) groups is 1. The first kappa shape index (κ1) is 22.2. The lowest BCUT2D eigenvalue weighted by atomic mass is 10.1. The highest BCUT2D eigenvalue weighted by molar-refractivity contribution is 5.80. The summed E-state index contributed by atoms with van der Waals surface area (Å²) in [6.07, 6.45) is 7.37. The van der Waals surface area contributed by atoms with Crippen molar-refractivity contribution in [2.45, 2.75) is 70.3 Å². The molecule has 1 aromatic rings. The minimum Gasteiger partial charge on any atom is -0.496 e. The fraction of sp³-hybridized carbons (Fsp3) is 0.708. The van der Waals surface area contributed by atoms with Crippen LogP contribution in [0.5, 0.6) is 11.5 Å². The zero-order chi connectivity index (χ0) is 21.6. The summed E-state index contributed by atoms with van der Waals surface area (Å²) in [5.74, 6) is 2.79. The SMILES string of the molecule is CN=C(NCc1cc2c(cc1OC)CC(C)O2)N1CCC(OCC2CCCCO2)CC1. The lowest BCUT2D eigenvalue weighted by molar-refractivity contribution is -0.0721. The monoisotopic (exact) mass is 431 g/mol. The summed E-state index contributed by atoms with van der Waals surface area (Å²) in [5.41, 5.74) is 2.31. The summed E-state index contributed by atoms with van der Waals surface area (Å²) < 4.78 is 23.5. The van der Waals surface area contributed by atoms with Gasteiger partial charge in [0, 0.05) is 50.8 Å².